The molecule has 0 aliphatic carbocycles. The number of amides is 2. The summed E-state index contributed by atoms with van der Waals surface area (Å²) in [6.45, 7) is 2.58. The van der Waals surface area contributed by atoms with E-state index in [1.807, 2.05) is 6.92 Å². The molecule has 6 heteroatoms. The first-order valence-electron chi connectivity index (χ1n) is 5.64. The summed E-state index contributed by atoms with van der Waals surface area (Å²) in [5.74, 6) is -1.05. The Hall–Kier alpha value is -2.11. The maximum Gasteiger partial charge on any atom is 0.253 e. The number of benzene rings is 1. The average Bonchev–Trinajstić information content (AvgIpc) is 2.29. The van der Waals surface area contributed by atoms with Crippen LogP contribution in [-0.2, 0) is 4.79 Å². The number of nitrogens with two attached hydrogens (primary N) is 1. The van der Waals surface area contributed by atoms with Crippen molar-refractivity contribution in [3.8, 4) is 0 Å². The first-order chi connectivity index (χ1) is 8.54. The molecule has 0 radical (unpaired) electrons. The topological polar surface area (TPSA) is 84.2 Å². The number of anilines is 1. The van der Waals surface area contributed by atoms with Crippen LogP contribution in [0.25, 0.3) is 0 Å². The van der Waals surface area contributed by atoms with Gasteiger partial charge in [-0.2, -0.15) is 0 Å². The standard InChI is InChI=1S/C12H16FN3O2/c1-2-15-11(17)5-6-16-12(18)9-4-3-8(13)7-10(9)14/h3-4,7H,2,5-6,14H2,1H3,(H,15,17)(H,16,18). The zero-order valence-corrected chi connectivity index (χ0v) is 10.1. The van der Waals surface area contributed by atoms with Crippen LogP contribution in [-0.4, -0.2) is 24.9 Å². The van der Waals surface area contributed by atoms with Crippen molar-refractivity contribution >= 4 is 17.5 Å². The monoisotopic (exact) mass is 253 g/mol. The van der Waals surface area contributed by atoms with Gasteiger partial charge in [-0.3, -0.25) is 9.59 Å². The molecule has 0 atom stereocenters. The van der Waals surface area contributed by atoms with Crippen LogP contribution < -0.4 is 16.4 Å². The van der Waals surface area contributed by atoms with Gasteiger partial charge in [0.1, 0.15) is 5.82 Å². The average molecular weight is 253 g/mol. The molecule has 0 bridgehead atoms. The van der Waals surface area contributed by atoms with Crippen molar-refractivity contribution < 1.29 is 14.0 Å². The minimum Gasteiger partial charge on any atom is -0.398 e. The second-order valence-corrected chi connectivity index (χ2v) is 3.69. The van der Waals surface area contributed by atoms with Gasteiger partial charge in [-0.15, -0.1) is 0 Å². The van der Waals surface area contributed by atoms with Crippen LogP contribution in [0, 0.1) is 5.82 Å². The number of hydrogen-bond acceptors (Lipinski definition) is 3. The Morgan fingerprint density at radius 1 is 1.33 bits per heavy atom. The van der Waals surface area contributed by atoms with E-state index in [0.717, 1.165) is 12.1 Å². The van der Waals surface area contributed by atoms with Gasteiger partial charge in [0.15, 0.2) is 0 Å². The molecule has 18 heavy (non-hydrogen) atoms. The lowest BCUT2D eigenvalue weighted by molar-refractivity contribution is -0.120. The molecule has 98 valence electrons. The third-order valence-corrected chi connectivity index (χ3v) is 2.27. The van der Waals surface area contributed by atoms with Gasteiger partial charge >= 0.3 is 0 Å². The van der Waals surface area contributed by atoms with E-state index < -0.39 is 11.7 Å². The predicted octanol–water partition coefficient (Wildman–Crippen LogP) is 0.664. The predicted molar refractivity (Wildman–Crippen MR) is 66.4 cm³/mol. The molecule has 4 N–H and O–H groups in total. The molecule has 0 heterocycles. The summed E-state index contributed by atoms with van der Waals surface area (Å²) < 4.78 is 12.8. The zero-order valence-electron chi connectivity index (χ0n) is 10.1. The molecular weight excluding hydrogens is 237 g/mol. The largest absolute Gasteiger partial charge is 0.398 e. The summed E-state index contributed by atoms with van der Waals surface area (Å²) in [5.41, 5.74) is 5.80. The second kappa shape index (κ2) is 6.58. The van der Waals surface area contributed by atoms with Crippen LogP contribution in [0.4, 0.5) is 10.1 Å². The highest BCUT2D eigenvalue weighted by atomic mass is 19.1. The SMILES string of the molecule is CCNC(=O)CCNC(=O)c1ccc(F)cc1N. The summed E-state index contributed by atoms with van der Waals surface area (Å²) in [6.07, 6.45) is 0.195. The summed E-state index contributed by atoms with van der Waals surface area (Å²) in [7, 11) is 0. The summed E-state index contributed by atoms with van der Waals surface area (Å²) in [5, 5.41) is 5.16. The van der Waals surface area contributed by atoms with E-state index >= 15 is 0 Å². The Labute approximate surface area is 105 Å². The van der Waals surface area contributed by atoms with E-state index in [0.29, 0.717) is 6.54 Å². The number of nitrogen functional groups attached to an aromatic ring is 1. The van der Waals surface area contributed by atoms with Crippen LogP contribution >= 0.6 is 0 Å². The Morgan fingerprint density at radius 2 is 2.06 bits per heavy atom. The molecule has 0 aliphatic heterocycles. The molecule has 5 nitrogen and oxygen atoms in total. The third-order valence-electron chi connectivity index (χ3n) is 2.27. The zero-order chi connectivity index (χ0) is 13.5. The lowest BCUT2D eigenvalue weighted by Crippen LogP contribution is -2.30. The fourth-order valence-electron chi connectivity index (χ4n) is 1.41. The van der Waals surface area contributed by atoms with Crippen molar-refractivity contribution in [3.63, 3.8) is 0 Å². The molecule has 0 aliphatic rings. The molecule has 0 spiro atoms. The molecule has 1 aromatic carbocycles. The molecule has 0 fully saturated rings. The number of nitrogens with one attached hydrogen (secondary N) is 2. The summed E-state index contributed by atoms with van der Waals surface area (Å²) in [6, 6.07) is 3.56. The highest BCUT2D eigenvalue weighted by Crippen LogP contribution is 2.12. The van der Waals surface area contributed by atoms with Crippen molar-refractivity contribution in [1.82, 2.24) is 10.6 Å². The van der Waals surface area contributed by atoms with Gasteiger partial charge in [-0.25, -0.2) is 4.39 Å². The first kappa shape index (κ1) is 14.0. The van der Waals surface area contributed by atoms with Gasteiger partial charge in [0.25, 0.3) is 5.91 Å². The van der Waals surface area contributed by atoms with Crippen molar-refractivity contribution in [1.29, 1.82) is 0 Å². The molecule has 1 rings (SSSR count). The highest BCUT2D eigenvalue weighted by Gasteiger charge is 2.10. The molecule has 0 saturated heterocycles. The van der Waals surface area contributed by atoms with Crippen molar-refractivity contribution in [3.05, 3.63) is 29.6 Å². The quantitative estimate of drug-likeness (QED) is 0.674. The van der Waals surface area contributed by atoms with Gasteiger partial charge < -0.3 is 16.4 Å². The van der Waals surface area contributed by atoms with Crippen molar-refractivity contribution in [2.45, 2.75) is 13.3 Å². The number of carbonyl (C=O) groups excluding carboxylic acids is 2. The minimum atomic E-state index is -0.494. The van der Waals surface area contributed by atoms with E-state index in [2.05, 4.69) is 10.6 Å². The van der Waals surface area contributed by atoms with Crippen LogP contribution in [0.15, 0.2) is 18.2 Å². The maximum atomic E-state index is 12.8. The van der Waals surface area contributed by atoms with Gasteiger partial charge in [-0.1, -0.05) is 0 Å². The minimum absolute atomic E-state index is 0.0745. The third kappa shape index (κ3) is 4.04. The van der Waals surface area contributed by atoms with E-state index in [9.17, 15) is 14.0 Å². The van der Waals surface area contributed by atoms with Crippen LogP contribution in [0.3, 0.4) is 0 Å². The lowest BCUT2D eigenvalue weighted by Gasteiger charge is -2.07. The number of hydrogen-bond donors (Lipinski definition) is 3. The van der Waals surface area contributed by atoms with Crippen LogP contribution in [0.5, 0.6) is 0 Å². The molecular formula is C12H16FN3O2. The van der Waals surface area contributed by atoms with Crippen LogP contribution in [0.1, 0.15) is 23.7 Å². The van der Waals surface area contributed by atoms with Gasteiger partial charge in [0.2, 0.25) is 5.91 Å². The molecule has 0 unspecified atom stereocenters. The fraction of sp³-hybridized carbons (Fsp3) is 0.333. The Kier molecular flexibility index (Phi) is 5.10. The highest BCUT2D eigenvalue weighted by molar-refractivity contribution is 5.99. The second-order valence-electron chi connectivity index (χ2n) is 3.69. The van der Waals surface area contributed by atoms with Crippen LogP contribution in [0.2, 0.25) is 0 Å². The number of carbonyl (C=O) groups is 2. The smallest absolute Gasteiger partial charge is 0.253 e. The lowest BCUT2D eigenvalue weighted by atomic mass is 10.1. The Morgan fingerprint density at radius 3 is 2.67 bits per heavy atom. The normalized spacial score (nSPS) is 9.89. The number of rotatable bonds is 5. The molecule has 2 amide bonds. The molecule has 0 aromatic heterocycles. The first-order valence-corrected chi connectivity index (χ1v) is 5.64. The van der Waals surface area contributed by atoms with Gasteiger partial charge in [-0.05, 0) is 25.1 Å². The van der Waals surface area contributed by atoms with E-state index in [-0.39, 0.29) is 30.1 Å². The van der Waals surface area contributed by atoms with Gasteiger partial charge in [0, 0.05) is 25.2 Å². The maximum absolute atomic E-state index is 12.8. The fourth-order valence-corrected chi connectivity index (χ4v) is 1.41. The number of halogens is 1. The van der Waals surface area contributed by atoms with Gasteiger partial charge in [0.05, 0.1) is 5.56 Å². The molecule has 1 aromatic rings. The van der Waals surface area contributed by atoms with E-state index in [1.54, 1.807) is 0 Å². The van der Waals surface area contributed by atoms with Crippen molar-refractivity contribution in [2.75, 3.05) is 18.8 Å². The van der Waals surface area contributed by atoms with E-state index in [4.69, 9.17) is 5.73 Å². The Balaban J connectivity index is 2.48. The Bertz CT molecular complexity index is 449. The summed E-state index contributed by atoms with van der Waals surface area (Å²) in [4.78, 5) is 22.8. The van der Waals surface area contributed by atoms with E-state index in [1.165, 1.54) is 6.07 Å². The van der Waals surface area contributed by atoms with Crippen molar-refractivity contribution in [2.24, 2.45) is 0 Å². The molecule has 0 saturated carbocycles. The summed E-state index contributed by atoms with van der Waals surface area (Å²) >= 11 is 0.